The van der Waals surface area contributed by atoms with Gasteiger partial charge in [-0.05, 0) is 6.07 Å². The van der Waals surface area contributed by atoms with E-state index in [0.29, 0.717) is 6.41 Å². The van der Waals surface area contributed by atoms with Gasteiger partial charge >= 0.3 is 0 Å². The third kappa shape index (κ3) is 1.12. The Bertz CT molecular complexity index is 448. The monoisotopic (exact) mass is 176 g/mol. The third-order valence-corrected chi connectivity index (χ3v) is 1.87. The normalized spacial score (nSPS) is 10.2. The zero-order valence-corrected chi connectivity index (χ0v) is 6.77. The lowest BCUT2D eigenvalue weighted by atomic mass is 10.2. The highest BCUT2D eigenvalue weighted by Crippen LogP contribution is 2.21. The van der Waals surface area contributed by atoms with Crippen LogP contribution in [0.5, 0.6) is 5.88 Å². The van der Waals surface area contributed by atoms with E-state index in [-0.39, 0.29) is 5.88 Å². The van der Waals surface area contributed by atoms with E-state index in [1.54, 1.807) is 6.07 Å². The van der Waals surface area contributed by atoms with E-state index < -0.39 is 0 Å². The SMILES string of the molecule is O=CNn1c(O)cc2ccccc21. The maximum absolute atomic E-state index is 10.2. The first-order valence-electron chi connectivity index (χ1n) is 3.82. The fourth-order valence-electron chi connectivity index (χ4n) is 1.33. The number of nitrogens with zero attached hydrogens (tertiary/aromatic N) is 1. The van der Waals surface area contributed by atoms with E-state index in [9.17, 15) is 9.90 Å². The van der Waals surface area contributed by atoms with Gasteiger partial charge in [0.25, 0.3) is 0 Å². The summed E-state index contributed by atoms with van der Waals surface area (Å²) in [6.07, 6.45) is 0.520. The van der Waals surface area contributed by atoms with Gasteiger partial charge in [0, 0.05) is 11.5 Å². The first-order chi connectivity index (χ1) is 6.33. The number of fused-ring (bicyclic) bond motifs is 1. The average Bonchev–Trinajstić information content (AvgIpc) is 2.44. The molecule has 2 aromatic rings. The molecule has 0 radical (unpaired) electrons. The van der Waals surface area contributed by atoms with Crippen LogP contribution < -0.4 is 5.43 Å². The molecule has 1 amide bonds. The molecule has 0 saturated heterocycles. The predicted molar refractivity (Wildman–Crippen MR) is 49.0 cm³/mol. The molecule has 0 saturated carbocycles. The van der Waals surface area contributed by atoms with Crippen LogP contribution >= 0.6 is 0 Å². The molecule has 1 heterocycles. The Balaban J connectivity index is 2.70. The van der Waals surface area contributed by atoms with Gasteiger partial charge in [0.1, 0.15) is 0 Å². The van der Waals surface area contributed by atoms with Gasteiger partial charge < -0.3 is 5.11 Å². The Morgan fingerprint density at radius 3 is 2.92 bits per heavy atom. The van der Waals surface area contributed by atoms with E-state index in [0.717, 1.165) is 10.9 Å². The van der Waals surface area contributed by atoms with Gasteiger partial charge in [-0.3, -0.25) is 10.2 Å². The second-order valence-electron chi connectivity index (χ2n) is 2.64. The summed E-state index contributed by atoms with van der Waals surface area (Å²) >= 11 is 0. The van der Waals surface area contributed by atoms with Crippen molar-refractivity contribution in [3.63, 3.8) is 0 Å². The molecule has 13 heavy (non-hydrogen) atoms. The topological polar surface area (TPSA) is 54.3 Å². The van der Waals surface area contributed by atoms with Crippen molar-refractivity contribution < 1.29 is 9.90 Å². The highest BCUT2D eigenvalue weighted by Gasteiger charge is 2.04. The number of nitrogens with one attached hydrogen (secondary N) is 1. The molecule has 0 fully saturated rings. The maximum atomic E-state index is 10.2. The first kappa shape index (κ1) is 7.67. The van der Waals surface area contributed by atoms with Gasteiger partial charge in [0.15, 0.2) is 0 Å². The lowest BCUT2D eigenvalue weighted by molar-refractivity contribution is -0.106. The summed E-state index contributed by atoms with van der Waals surface area (Å²) in [4.78, 5) is 10.2. The van der Waals surface area contributed by atoms with Gasteiger partial charge in [0.2, 0.25) is 12.3 Å². The van der Waals surface area contributed by atoms with Crippen LogP contribution in [-0.4, -0.2) is 16.2 Å². The van der Waals surface area contributed by atoms with Crippen LogP contribution in [0, 0.1) is 0 Å². The van der Waals surface area contributed by atoms with Crippen LogP contribution in [0.1, 0.15) is 0 Å². The minimum absolute atomic E-state index is 0.0216. The van der Waals surface area contributed by atoms with Gasteiger partial charge in [0.05, 0.1) is 5.52 Å². The lowest BCUT2D eigenvalue weighted by Gasteiger charge is -2.02. The second kappa shape index (κ2) is 2.82. The van der Waals surface area contributed by atoms with Crippen LogP contribution in [0.15, 0.2) is 30.3 Å². The Labute approximate surface area is 74.4 Å². The number of hydrogen-bond acceptors (Lipinski definition) is 2. The molecule has 0 spiro atoms. The first-order valence-corrected chi connectivity index (χ1v) is 3.82. The van der Waals surface area contributed by atoms with Crippen LogP contribution in [0.4, 0.5) is 0 Å². The van der Waals surface area contributed by atoms with Crippen molar-refractivity contribution in [2.24, 2.45) is 0 Å². The molecule has 2 rings (SSSR count). The summed E-state index contributed by atoms with van der Waals surface area (Å²) < 4.78 is 1.32. The Morgan fingerprint density at radius 2 is 2.15 bits per heavy atom. The molecule has 0 unspecified atom stereocenters. The summed E-state index contributed by atoms with van der Waals surface area (Å²) in [5.41, 5.74) is 3.16. The summed E-state index contributed by atoms with van der Waals surface area (Å²) in [6, 6.07) is 8.97. The molecular weight excluding hydrogens is 168 g/mol. The number of aromatic nitrogens is 1. The van der Waals surface area contributed by atoms with Crippen molar-refractivity contribution in [3.8, 4) is 5.88 Å². The van der Waals surface area contributed by atoms with E-state index in [1.165, 1.54) is 4.68 Å². The van der Waals surface area contributed by atoms with Gasteiger partial charge in [-0.15, -0.1) is 0 Å². The molecule has 4 nitrogen and oxygen atoms in total. The Kier molecular flexibility index (Phi) is 1.66. The third-order valence-electron chi connectivity index (χ3n) is 1.87. The molecule has 0 atom stereocenters. The molecule has 4 heteroatoms. The molecule has 0 aliphatic rings. The lowest BCUT2D eigenvalue weighted by Crippen LogP contribution is -2.10. The van der Waals surface area contributed by atoms with E-state index in [4.69, 9.17) is 0 Å². The summed E-state index contributed by atoms with van der Waals surface area (Å²) in [7, 11) is 0. The zero-order chi connectivity index (χ0) is 9.26. The summed E-state index contributed by atoms with van der Waals surface area (Å²) in [5, 5.41) is 10.3. The zero-order valence-electron chi connectivity index (χ0n) is 6.77. The van der Waals surface area contributed by atoms with E-state index >= 15 is 0 Å². The highest BCUT2D eigenvalue weighted by atomic mass is 16.3. The Morgan fingerprint density at radius 1 is 1.38 bits per heavy atom. The molecule has 0 aliphatic heterocycles. The second-order valence-corrected chi connectivity index (χ2v) is 2.64. The molecular formula is C9H8N2O2. The number of hydrogen-bond donors (Lipinski definition) is 2. The number of aromatic hydroxyl groups is 1. The molecule has 0 aliphatic carbocycles. The fourth-order valence-corrected chi connectivity index (χ4v) is 1.33. The number of carbonyl (C=O) groups is 1. The van der Waals surface area contributed by atoms with Crippen molar-refractivity contribution in [1.29, 1.82) is 0 Å². The number of para-hydroxylation sites is 1. The summed E-state index contributed by atoms with van der Waals surface area (Å²) in [5.74, 6) is 0.0216. The van der Waals surface area contributed by atoms with Crippen LogP contribution in [0.2, 0.25) is 0 Å². The highest BCUT2D eigenvalue weighted by molar-refractivity contribution is 5.83. The minimum atomic E-state index is 0.0216. The van der Waals surface area contributed by atoms with Crippen LogP contribution in [0.25, 0.3) is 10.9 Å². The number of amides is 1. The molecule has 0 bridgehead atoms. The van der Waals surface area contributed by atoms with E-state index in [2.05, 4.69) is 5.43 Å². The van der Waals surface area contributed by atoms with Crippen LogP contribution in [-0.2, 0) is 4.79 Å². The van der Waals surface area contributed by atoms with Crippen molar-refractivity contribution in [2.75, 3.05) is 5.43 Å². The quantitative estimate of drug-likeness (QED) is 0.672. The number of rotatable bonds is 2. The number of carbonyl (C=O) groups excluding carboxylic acids is 1. The molecule has 66 valence electrons. The molecule has 1 aromatic carbocycles. The fraction of sp³-hybridized carbons (Fsp3) is 0. The van der Waals surface area contributed by atoms with Gasteiger partial charge in [-0.1, -0.05) is 18.2 Å². The molecule has 2 N–H and O–H groups in total. The summed E-state index contributed by atoms with van der Waals surface area (Å²) in [6.45, 7) is 0. The number of benzene rings is 1. The standard InChI is InChI=1S/C9H8N2O2/c12-6-10-11-8-4-2-1-3-7(8)5-9(11)13/h1-6,13H,(H,10,12). The predicted octanol–water partition coefficient (Wildman–Crippen LogP) is 1.05. The van der Waals surface area contributed by atoms with Gasteiger partial charge in [-0.2, -0.15) is 0 Å². The largest absolute Gasteiger partial charge is 0.493 e. The van der Waals surface area contributed by atoms with Crippen molar-refractivity contribution in [2.45, 2.75) is 0 Å². The van der Waals surface area contributed by atoms with E-state index in [1.807, 2.05) is 24.3 Å². The molecule has 1 aromatic heterocycles. The van der Waals surface area contributed by atoms with Gasteiger partial charge in [-0.25, -0.2) is 4.68 Å². The van der Waals surface area contributed by atoms with Crippen molar-refractivity contribution >= 4 is 17.3 Å². The Hall–Kier alpha value is -1.97. The van der Waals surface area contributed by atoms with Crippen molar-refractivity contribution in [3.05, 3.63) is 30.3 Å². The van der Waals surface area contributed by atoms with Crippen LogP contribution in [0.3, 0.4) is 0 Å². The smallest absolute Gasteiger partial charge is 0.226 e. The maximum Gasteiger partial charge on any atom is 0.226 e. The minimum Gasteiger partial charge on any atom is -0.493 e. The van der Waals surface area contributed by atoms with Crippen molar-refractivity contribution in [1.82, 2.24) is 4.68 Å². The average molecular weight is 176 g/mol.